The first kappa shape index (κ1) is 25.7. The summed E-state index contributed by atoms with van der Waals surface area (Å²) in [6.45, 7) is 5.39. The predicted molar refractivity (Wildman–Crippen MR) is 154 cm³/mol. The zero-order valence-electron chi connectivity index (χ0n) is 22.2. The minimum Gasteiger partial charge on any atom is -0.495 e. The molecule has 4 aromatic rings. The van der Waals surface area contributed by atoms with Crippen LogP contribution in [0.3, 0.4) is 0 Å². The van der Waals surface area contributed by atoms with Crippen LogP contribution in [0, 0.1) is 0 Å². The second kappa shape index (κ2) is 10.9. The molecule has 1 unspecified atom stereocenters. The normalized spacial score (nSPS) is 17.8. The number of nitrogens with zero attached hydrogens (tertiary/aromatic N) is 7. The standard InChI is InChI=1S/C28H33ClN8O2/c1-30-20-3-5-36(15-20)27-14-26(31-18-32-27)35-9-7-34(8-10-35)21-4-6-37-16-24(33-28(37)12-21)22-13-23(29)25(39-2)11-19(22)17-38/h4,6,11-14,16,18,20,30,38H,3,5,7-10,15,17H2,1-2H3. The summed E-state index contributed by atoms with van der Waals surface area (Å²) in [5.74, 6) is 2.52. The van der Waals surface area contributed by atoms with Crippen LogP contribution >= 0.6 is 11.6 Å². The quantitative estimate of drug-likeness (QED) is 0.361. The molecule has 10 nitrogen and oxygen atoms in total. The van der Waals surface area contributed by atoms with Gasteiger partial charge < -0.3 is 34.3 Å². The van der Waals surface area contributed by atoms with Crippen LogP contribution in [0.2, 0.25) is 5.02 Å². The van der Waals surface area contributed by atoms with Crippen LogP contribution in [0.1, 0.15) is 12.0 Å². The van der Waals surface area contributed by atoms with Crippen molar-refractivity contribution in [2.45, 2.75) is 19.1 Å². The maximum atomic E-state index is 9.92. The van der Waals surface area contributed by atoms with Crippen molar-refractivity contribution in [3.05, 3.63) is 59.6 Å². The molecule has 0 bridgehead atoms. The van der Waals surface area contributed by atoms with Crippen molar-refractivity contribution in [3.63, 3.8) is 0 Å². The summed E-state index contributed by atoms with van der Waals surface area (Å²) < 4.78 is 7.30. The van der Waals surface area contributed by atoms with Gasteiger partial charge in [-0.05, 0) is 37.2 Å². The Hall–Kier alpha value is -3.60. The molecule has 6 rings (SSSR count). The third-order valence-electron chi connectivity index (χ3n) is 7.80. The maximum Gasteiger partial charge on any atom is 0.139 e. The van der Waals surface area contributed by atoms with Gasteiger partial charge in [0, 0.05) is 81.1 Å². The van der Waals surface area contributed by atoms with Crippen molar-refractivity contribution in [1.82, 2.24) is 24.7 Å². The number of methoxy groups -OCH3 is 1. The molecular formula is C28H33ClN8O2. The lowest BCUT2D eigenvalue weighted by molar-refractivity contribution is 0.281. The number of hydrogen-bond donors (Lipinski definition) is 2. The number of ether oxygens (including phenoxy) is 1. The van der Waals surface area contributed by atoms with Crippen molar-refractivity contribution < 1.29 is 9.84 Å². The average molecular weight is 549 g/mol. The number of pyridine rings is 1. The molecule has 2 aliphatic rings. The van der Waals surface area contributed by atoms with Crippen LogP contribution in [0.15, 0.2) is 49.1 Å². The molecule has 39 heavy (non-hydrogen) atoms. The van der Waals surface area contributed by atoms with Crippen LogP contribution < -0.4 is 24.8 Å². The molecule has 0 saturated carbocycles. The first-order valence-electron chi connectivity index (χ1n) is 13.3. The number of benzene rings is 1. The SMILES string of the molecule is CNC1CCN(c2cc(N3CCN(c4ccn5cc(-c6cc(Cl)c(OC)cc6CO)nc5c4)CC3)ncn2)C1. The highest BCUT2D eigenvalue weighted by Crippen LogP contribution is 2.34. The molecule has 204 valence electrons. The zero-order valence-corrected chi connectivity index (χ0v) is 23.0. The van der Waals surface area contributed by atoms with E-state index in [4.69, 9.17) is 21.3 Å². The van der Waals surface area contributed by atoms with E-state index in [2.05, 4.69) is 48.2 Å². The topological polar surface area (TPSA) is 94.3 Å². The fraction of sp³-hybridized carbons (Fsp3) is 0.393. The summed E-state index contributed by atoms with van der Waals surface area (Å²) in [5, 5.41) is 13.8. The second-order valence-corrected chi connectivity index (χ2v) is 10.4. The largest absolute Gasteiger partial charge is 0.495 e. The number of fused-ring (bicyclic) bond motifs is 1. The number of aromatic nitrogens is 4. The highest BCUT2D eigenvalue weighted by molar-refractivity contribution is 6.32. The summed E-state index contributed by atoms with van der Waals surface area (Å²) in [4.78, 5) is 21.0. The van der Waals surface area contributed by atoms with E-state index in [0.717, 1.165) is 85.5 Å². The van der Waals surface area contributed by atoms with Gasteiger partial charge in [-0.25, -0.2) is 15.0 Å². The lowest BCUT2D eigenvalue weighted by atomic mass is 10.1. The number of aliphatic hydroxyl groups is 1. The molecule has 2 N–H and O–H groups in total. The van der Waals surface area contributed by atoms with E-state index in [0.29, 0.717) is 16.8 Å². The van der Waals surface area contributed by atoms with Gasteiger partial charge in [0.1, 0.15) is 29.4 Å². The monoisotopic (exact) mass is 548 g/mol. The Bertz CT molecular complexity index is 1470. The molecule has 0 amide bonds. The van der Waals surface area contributed by atoms with Gasteiger partial charge >= 0.3 is 0 Å². The lowest BCUT2D eigenvalue weighted by Gasteiger charge is -2.36. The van der Waals surface area contributed by atoms with Crippen LogP contribution in [-0.4, -0.2) is 83.9 Å². The Morgan fingerprint density at radius 2 is 1.79 bits per heavy atom. The highest BCUT2D eigenvalue weighted by Gasteiger charge is 2.24. The Labute approximate surface area is 232 Å². The van der Waals surface area contributed by atoms with E-state index in [1.54, 1.807) is 25.6 Å². The van der Waals surface area contributed by atoms with E-state index >= 15 is 0 Å². The summed E-state index contributed by atoms with van der Waals surface area (Å²) in [5.41, 5.74) is 4.24. The third-order valence-corrected chi connectivity index (χ3v) is 8.09. The maximum absolute atomic E-state index is 9.92. The van der Waals surface area contributed by atoms with Crippen molar-refractivity contribution in [3.8, 4) is 17.0 Å². The molecule has 1 atom stereocenters. The molecule has 0 aliphatic carbocycles. The number of rotatable bonds is 7. The second-order valence-electron chi connectivity index (χ2n) is 10.0. The van der Waals surface area contributed by atoms with Crippen molar-refractivity contribution >= 4 is 34.6 Å². The van der Waals surface area contributed by atoms with Gasteiger partial charge in [0.05, 0.1) is 24.4 Å². The van der Waals surface area contributed by atoms with Gasteiger partial charge in [0.2, 0.25) is 0 Å². The van der Waals surface area contributed by atoms with Crippen molar-refractivity contribution in [2.75, 3.05) is 68.1 Å². The fourth-order valence-corrected chi connectivity index (χ4v) is 5.74. The van der Waals surface area contributed by atoms with Gasteiger partial charge in [0.15, 0.2) is 0 Å². The first-order valence-corrected chi connectivity index (χ1v) is 13.6. The van der Waals surface area contributed by atoms with Crippen molar-refractivity contribution in [1.29, 1.82) is 0 Å². The summed E-state index contributed by atoms with van der Waals surface area (Å²) >= 11 is 6.38. The van der Waals surface area contributed by atoms with E-state index in [1.165, 1.54) is 0 Å². The summed E-state index contributed by atoms with van der Waals surface area (Å²) in [6.07, 6.45) is 6.81. The number of halogens is 1. The molecule has 2 aliphatic heterocycles. The van der Waals surface area contributed by atoms with E-state index < -0.39 is 0 Å². The minimum atomic E-state index is -0.130. The number of likely N-dealkylation sites (N-methyl/N-ethyl adjacent to an activating group) is 1. The Morgan fingerprint density at radius 3 is 2.51 bits per heavy atom. The third kappa shape index (κ3) is 5.07. The molecule has 5 heterocycles. The number of aliphatic hydroxyl groups excluding tert-OH is 1. The molecule has 0 spiro atoms. The lowest BCUT2D eigenvalue weighted by Crippen LogP contribution is -2.47. The summed E-state index contributed by atoms with van der Waals surface area (Å²) in [6, 6.07) is 10.4. The van der Waals surface area contributed by atoms with Crippen LogP contribution in [0.4, 0.5) is 17.3 Å². The van der Waals surface area contributed by atoms with E-state index in [9.17, 15) is 5.11 Å². The number of hydrogen-bond acceptors (Lipinski definition) is 9. The number of anilines is 3. The fourth-order valence-electron chi connectivity index (χ4n) is 5.50. The van der Waals surface area contributed by atoms with E-state index in [-0.39, 0.29) is 6.61 Å². The number of nitrogens with one attached hydrogen (secondary N) is 1. The molecule has 0 radical (unpaired) electrons. The molecule has 3 aromatic heterocycles. The van der Waals surface area contributed by atoms with Crippen molar-refractivity contribution in [2.24, 2.45) is 0 Å². The number of imidazole rings is 1. The van der Waals surface area contributed by atoms with Gasteiger partial charge in [-0.2, -0.15) is 0 Å². The van der Waals surface area contributed by atoms with Gasteiger partial charge in [0.25, 0.3) is 0 Å². The van der Waals surface area contributed by atoms with Gasteiger partial charge in [-0.3, -0.25) is 0 Å². The molecule has 1 aromatic carbocycles. The predicted octanol–water partition coefficient (Wildman–Crippen LogP) is 3.07. The Morgan fingerprint density at radius 1 is 1.03 bits per heavy atom. The Balaban J connectivity index is 1.16. The van der Waals surface area contributed by atoms with Crippen LogP contribution in [0.5, 0.6) is 5.75 Å². The minimum absolute atomic E-state index is 0.130. The number of piperazine rings is 1. The smallest absolute Gasteiger partial charge is 0.139 e. The Kier molecular flexibility index (Phi) is 7.16. The first-order chi connectivity index (χ1) is 19.1. The van der Waals surface area contributed by atoms with Crippen LogP contribution in [0.25, 0.3) is 16.9 Å². The highest BCUT2D eigenvalue weighted by atomic mass is 35.5. The molecular weight excluding hydrogens is 516 g/mol. The van der Waals surface area contributed by atoms with Gasteiger partial charge in [-0.15, -0.1) is 0 Å². The average Bonchev–Trinajstić information content (AvgIpc) is 3.64. The molecule has 2 saturated heterocycles. The zero-order chi connectivity index (χ0) is 26.9. The van der Waals surface area contributed by atoms with Crippen LogP contribution in [-0.2, 0) is 6.61 Å². The molecule has 11 heteroatoms. The van der Waals surface area contributed by atoms with Gasteiger partial charge in [-0.1, -0.05) is 11.6 Å². The molecule has 2 fully saturated rings. The summed E-state index contributed by atoms with van der Waals surface area (Å²) in [7, 11) is 3.58. The van der Waals surface area contributed by atoms with E-state index in [1.807, 2.05) is 23.8 Å².